The summed E-state index contributed by atoms with van der Waals surface area (Å²) in [6.45, 7) is 1.69. The fourth-order valence-corrected chi connectivity index (χ4v) is 2.33. The van der Waals surface area contributed by atoms with E-state index in [4.69, 9.17) is 5.11 Å². The van der Waals surface area contributed by atoms with Crippen LogP contribution in [0.5, 0.6) is 0 Å². The largest absolute Gasteiger partial charge is 0.480 e. The van der Waals surface area contributed by atoms with E-state index in [9.17, 15) is 14.4 Å². The highest BCUT2D eigenvalue weighted by atomic mass is 16.5. The third-order valence-electron chi connectivity index (χ3n) is 3.31. The molecule has 1 heterocycles. The molecule has 0 spiro atoms. The van der Waals surface area contributed by atoms with Crippen molar-refractivity contribution in [2.45, 2.75) is 45.1 Å². The van der Waals surface area contributed by atoms with Gasteiger partial charge in [-0.2, -0.15) is 0 Å². The van der Waals surface area contributed by atoms with Gasteiger partial charge in [-0.1, -0.05) is 19.8 Å². The van der Waals surface area contributed by atoms with Gasteiger partial charge in [0.25, 0.3) is 5.91 Å². The van der Waals surface area contributed by atoms with Crippen LogP contribution in [0.25, 0.3) is 0 Å². The number of nitrogens with zero attached hydrogens (tertiary/aromatic N) is 1. The second-order valence-electron chi connectivity index (χ2n) is 4.84. The van der Waals surface area contributed by atoms with E-state index in [1.54, 1.807) is 4.90 Å². The zero-order chi connectivity index (χ0) is 15.0. The van der Waals surface area contributed by atoms with E-state index in [0.717, 1.165) is 32.1 Å². The van der Waals surface area contributed by atoms with Gasteiger partial charge in [-0.15, -0.1) is 0 Å². The highest BCUT2D eigenvalue weighted by Crippen LogP contribution is 2.18. The summed E-state index contributed by atoms with van der Waals surface area (Å²) in [6, 6.07) is -0.257. The van der Waals surface area contributed by atoms with E-state index in [1.807, 2.05) is 6.92 Å². The van der Waals surface area contributed by atoms with Crippen molar-refractivity contribution in [3.8, 4) is 0 Å². The summed E-state index contributed by atoms with van der Waals surface area (Å²) >= 11 is 0. The number of rotatable bonds is 5. The van der Waals surface area contributed by atoms with Crippen molar-refractivity contribution in [1.29, 1.82) is 0 Å². The van der Waals surface area contributed by atoms with Crippen LogP contribution in [0, 0.1) is 0 Å². The SMILES string of the molecule is CCC1CCCCCN1C(=O)NC(=O)COCC(=O)O. The number of hydrogen-bond donors (Lipinski definition) is 2. The predicted molar refractivity (Wildman–Crippen MR) is 71.2 cm³/mol. The van der Waals surface area contributed by atoms with Crippen molar-refractivity contribution in [1.82, 2.24) is 10.2 Å². The maximum atomic E-state index is 12.0. The van der Waals surface area contributed by atoms with Gasteiger partial charge in [0.15, 0.2) is 0 Å². The van der Waals surface area contributed by atoms with E-state index in [-0.39, 0.29) is 6.04 Å². The van der Waals surface area contributed by atoms with Crippen LogP contribution in [0.2, 0.25) is 0 Å². The summed E-state index contributed by atoms with van der Waals surface area (Å²) in [4.78, 5) is 35.5. The molecular formula is C13H22N2O5. The fourth-order valence-electron chi connectivity index (χ4n) is 2.33. The molecule has 1 rings (SSSR count). The van der Waals surface area contributed by atoms with Crippen LogP contribution in [0.1, 0.15) is 39.0 Å². The molecule has 20 heavy (non-hydrogen) atoms. The predicted octanol–water partition coefficient (Wildman–Crippen LogP) is 0.978. The molecule has 2 N–H and O–H groups in total. The Kier molecular flexibility index (Phi) is 7.00. The molecule has 0 aromatic heterocycles. The average molecular weight is 286 g/mol. The summed E-state index contributed by atoms with van der Waals surface area (Å²) in [5.41, 5.74) is 0. The van der Waals surface area contributed by atoms with Gasteiger partial charge in [-0.25, -0.2) is 9.59 Å². The number of ether oxygens (including phenoxy) is 1. The lowest BCUT2D eigenvalue weighted by molar-refractivity contribution is -0.143. The van der Waals surface area contributed by atoms with Gasteiger partial charge in [0, 0.05) is 12.6 Å². The van der Waals surface area contributed by atoms with E-state index in [0.29, 0.717) is 6.54 Å². The molecular weight excluding hydrogens is 264 g/mol. The minimum Gasteiger partial charge on any atom is -0.480 e. The Morgan fingerprint density at radius 2 is 2.00 bits per heavy atom. The standard InChI is InChI=1S/C13H22N2O5/c1-2-10-6-4-3-5-7-15(10)13(19)14-11(16)8-20-9-12(17)18/h10H,2-9H2,1H3,(H,17,18)(H,14,16,19). The minimum atomic E-state index is -1.15. The van der Waals surface area contributed by atoms with E-state index in [2.05, 4.69) is 10.1 Å². The number of nitrogens with one attached hydrogen (secondary N) is 1. The topological polar surface area (TPSA) is 95.9 Å². The van der Waals surface area contributed by atoms with Crippen LogP contribution in [0.4, 0.5) is 4.79 Å². The molecule has 114 valence electrons. The molecule has 0 bridgehead atoms. The van der Waals surface area contributed by atoms with Crippen LogP contribution >= 0.6 is 0 Å². The zero-order valence-corrected chi connectivity index (χ0v) is 11.8. The number of carboxylic acids is 1. The monoisotopic (exact) mass is 286 g/mol. The first-order valence-electron chi connectivity index (χ1n) is 6.94. The lowest BCUT2D eigenvalue weighted by Gasteiger charge is -2.29. The Morgan fingerprint density at radius 1 is 1.25 bits per heavy atom. The molecule has 0 aromatic rings. The van der Waals surface area contributed by atoms with Gasteiger partial charge in [-0.05, 0) is 19.3 Å². The van der Waals surface area contributed by atoms with Gasteiger partial charge in [0.1, 0.15) is 13.2 Å². The normalized spacial score (nSPS) is 19.2. The highest BCUT2D eigenvalue weighted by molar-refractivity contribution is 5.95. The molecule has 1 fully saturated rings. The lowest BCUT2D eigenvalue weighted by atomic mass is 10.1. The smallest absolute Gasteiger partial charge is 0.329 e. The Bertz CT molecular complexity index is 359. The number of carboxylic acid groups (broad SMARTS) is 1. The van der Waals surface area contributed by atoms with E-state index < -0.39 is 31.1 Å². The second-order valence-corrected chi connectivity index (χ2v) is 4.84. The zero-order valence-electron chi connectivity index (χ0n) is 11.8. The first kappa shape index (κ1) is 16.4. The highest BCUT2D eigenvalue weighted by Gasteiger charge is 2.25. The van der Waals surface area contributed by atoms with Crippen LogP contribution in [-0.2, 0) is 14.3 Å². The fraction of sp³-hybridized carbons (Fsp3) is 0.769. The molecule has 0 radical (unpaired) electrons. The van der Waals surface area contributed by atoms with Crippen molar-refractivity contribution in [3.63, 3.8) is 0 Å². The molecule has 3 amide bonds. The average Bonchev–Trinajstić information content (AvgIpc) is 2.62. The second kappa shape index (κ2) is 8.52. The van der Waals surface area contributed by atoms with Gasteiger partial charge in [0.2, 0.25) is 0 Å². The number of carbonyl (C=O) groups excluding carboxylic acids is 2. The molecule has 7 heteroatoms. The first-order valence-corrected chi connectivity index (χ1v) is 6.94. The van der Waals surface area contributed by atoms with Crippen LogP contribution in [-0.4, -0.2) is 53.7 Å². The van der Waals surface area contributed by atoms with Crippen molar-refractivity contribution in [2.24, 2.45) is 0 Å². The number of urea groups is 1. The lowest BCUT2D eigenvalue weighted by Crippen LogP contribution is -2.48. The number of amides is 3. The summed E-state index contributed by atoms with van der Waals surface area (Å²) < 4.78 is 4.64. The maximum Gasteiger partial charge on any atom is 0.329 e. The maximum absolute atomic E-state index is 12.0. The Hall–Kier alpha value is -1.63. The summed E-state index contributed by atoms with van der Waals surface area (Å²) in [7, 11) is 0. The van der Waals surface area contributed by atoms with Gasteiger partial charge in [0.05, 0.1) is 0 Å². The molecule has 1 saturated heterocycles. The number of carbonyl (C=O) groups is 3. The molecule has 1 aliphatic rings. The molecule has 1 atom stereocenters. The van der Waals surface area contributed by atoms with Crippen molar-refractivity contribution < 1.29 is 24.2 Å². The molecule has 1 unspecified atom stereocenters. The Labute approximate surface area is 118 Å². The van der Waals surface area contributed by atoms with Crippen LogP contribution in [0.15, 0.2) is 0 Å². The molecule has 7 nitrogen and oxygen atoms in total. The number of imide groups is 1. The molecule has 1 aliphatic heterocycles. The first-order chi connectivity index (χ1) is 9.54. The van der Waals surface area contributed by atoms with Gasteiger partial charge in [-0.3, -0.25) is 10.1 Å². The number of hydrogen-bond acceptors (Lipinski definition) is 4. The van der Waals surface area contributed by atoms with Crippen molar-refractivity contribution >= 4 is 17.9 Å². The van der Waals surface area contributed by atoms with Crippen LogP contribution < -0.4 is 5.32 Å². The molecule has 0 saturated carbocycles. The number of aliphatic carboxylic acids is 1. The van der Waals surface area contributed by atoms with E-state index in [1.165, 1.54) is 0 Å². The van der Waals surface area contributed by atoms with Gasteiger partial charge < -0.3 is 14.7 Å². The number of likely N-dealkylation sites (tertiary alicyclic amines) is 1. The molecule has 0 aliphatic carbocycles. The Morgan fingerprint density at radius 3 is 2.65 bits per heavy atom. The van der Waals surface area contributed by atoms with Crippen LogP contribution in [0.3, 0.4) is 0 Å². The molecule has 0 aromatic carbocycles. The van der Waals surface area contributed by atoms with Crippen molar-refractivity contribution in [3.05, 3.63) is 0 Å². The summed E-state index contributed by atoms with van der Waals surface area (Å²) in [5, 5.41) is 10.6. The third-order valence-corrected chi connectivity index (χ3v) is 3.31. The summed E-state index contributed by atoms with van der Waals surface area (Å²) in [6.07, 6.45) is 4.94. The quantitative estimate of drug-likeness (QED) is 0.785. The van der Waals surface area contributed by atoms with Gasteiger partial charge >= 0.3 is 12.0 Å². The Balaban J connectivity index is 2.42. The summed E-state index contributed by atoms with van der Waals surface area (Å²) in [5.74, 6) is -1.77. The minimum absolute atomic E-state index is 0.158. The van der Waals surface area contributed by atoms with Crippen molar-refractivity contribution in [2.75, 3.05) is 19.8 Å². The van der Waals surface area contributed by atoms with E-state index >= 15 is 0 Å². The third kappa shape index (κ3) is 5.56.